The van der Waals surface area contributed by atoms with Gasteiger partial charge in [-0.05, 0) is 55.4 Å². The SMILES string of the molecule is CC(C)(C)[Si](C)(C)O[C@H]1CCN(c2cc3cnn(CC4CCN(C(=O)O)CC4)c3cc2N)C1. The molecule has 2 aliphatic heterocycles. The number of hydrogen-bond acceptors (Lipinski definition) is 5. The van der Waals surface area contributed by atoms with Gasteiger partial charge in [0.05, 0.1) is 29.2 Å². The molecule has 0 aliphatic carbocycles. The third kappa shape index (κ3) is 4.99. The van der Waals surface area contributed by atoms with E-state index in [2.05, 4.69) is 49.9 Å². The molecule has 0 saturated carbocycles. The Morgan fingerprint density at radius 3 is 2.55 bits per heavy atom. The van der Waals surface area contributed by atoms with E-state index in [4.69, 9.17) is 15.3 Å². The molecular formula is C24H39N5O3Si. The number of rotatable bonds is 5. The molecule has 8 nitrogen and oxygen atoms in total. The van der Waals surface area contributed by atoms with Gasteiger partial charge in [-0.15, -0.1) is 0 Å². The number of carboxylic acid groups (broad SMARTS) is 1. The van der Waals surface area contributed by atoms with Crippen LogP contribution in [0.5, 0.6) is 0 Å². The molecule has 3 heterocycles. The Morgan fingerprint density at radius 1 is 1.21 bits per heavy atom. The maximum atomic E-state index is 11.1. The summed E-state index contributed by atoms with van der Waals surface area (Å²) in [5, 5.41) is 15.1. The molecule has 4 rings (SSSR count). The number of aromatic nitrogens is 2. The molecule has 2 aromatic rings. The first-order chi connectivity index (χ1) is 15.4. The molecule has 1 amide bonds. The van der Waals surface area contributed by atoms with E-state index in [1.807, 2.05) is 16.9 Å². The summed E-state index contributed by atoms with van der Waals surface area (Å²) in [5.41, 5.74) is 9.42. The zero-order valence-electron chi connectivity index (χ0n) is 20.7. The van der Waals surface area contributed by atoms with Gasteiger partial charge in [-0.2, -0.15) is 5.10 Å². The van der Waals surface area contributed by atoms with Crippen LogP contribution in [0.4, 0.5) is 16.2 Å². The van der Waals surface area contributed by atoms with Gasteiger partial charge in [0.15, 0.2) is 8.32 Å². The number of likely N-dealkylation sites (tertiary alicyclic amines) is 1. The maximum absolute atomic E-state index is 11.1. The largest absolute Gasteiger partial charge is 0.465 e. The number of nitrogen functional groups attached to an aromatic ring is 1. The summed E-state index contributed by atoms with van der Waals surface area (Å²) >= 11 is 0. The molecule has 3 N–H and O–H groups in total. The lowest BCUT2D eigenvalue weighted by molar-refractivity contribution is 0.121. The summed E-state index contributed by atoms with van der Waals surface area (Å²) in [6, 6.07) is 4.21. The zero-order valence-corrected chi connectivity index (χ0v) is 21.7. The lowest BCUT2D eigenvalue weighted by Crippen LogP contribution is -2.44. The normalized spacial score (nSPS) is 20.7. The minimum atomic E-state index is -1.79. The van der Waals surface area contributed by atoms with E-state index in [1.165, 1.54) is 4.90 Å². The lowest BCUT2D eigenvalue weighted by Gasteiger charge is -2.38. The van der Waals surface area contributed by atoms with Crippen molar-refractivity contribution in [3.05, 3.63) is 18.3 Å². The molecule has 2 saturated heterocycles. The number of anilines is 2. The number of piperidine rings is 1. The molecule has 0 radical (unpaired) electrons. The maximum Gasteiger partial charge on any atom is 0.407 e. The molecular weight excluding hydrogens is 434 g/mol. The van der Waals surface area contributed by atoms with E-state index in [0.29, 0.717) is 19.0 Å². The highest BCUT2D eigenvalue weighted by atomic mass is 28.4. The predicted molar refractivity (Wildman–Crippen MR) is 135 cm³/mol. The molecule has 1 atom stereocenters. The number of nitrogens with zero attached hydrogens (tertiary/aromatic N) is 4. The van der Waals surface area contributed by atoms with Crippen molar-refractivity contribution in [2.24, 2.45) is 5.92 Å². The third-order valence-corrected chi connectivity index (χ3v) is 12.4. The number of hydrogen-bond donors (Lipinski definition) is 2. The van der Waals surface area contributed by atoms with E-state index < -0.39 is 14.4 Å². The average molecular weight is 474 g/mol. The molecule has 182 valence electrons. The van der Waals surface area contributed by atoms with E-state index in [-0.39, 0.29) is 11.1 Å². The van der Waals surface area contributed by atoms with Crippen LogP contribution in [0, 0.1) is 5.92 Å². The van der Waals surface area contributed by atoms with Crippen molar-refractivity contribution in [2.75, 3.05) is 36.8 Å². The summed E-state index contributed by atoms with van der Waals surface area (Å²) < 4.78 is 8.68. The van der Waals surface area contributed by atoms with Crippen LogP contribution in [-0.2, 0) is 11.0 Å². The smallest absolute Gasteiger partial charge is 0.407 e. The van der Waals surface area contributed by atoms with Gasteiger partial charge in [-0.1, -0.05) is 20.8 Å². The predicted octanol–water partition coefficient (Wildman–Crippen LogP) is 4.61. The lowest BCUT2D eigenvalue weighted by atomic mass is 9.97. The van der Waals surface area contributed by atoms with Crippen LogP contribution in [0.15, 0.2) is 18.3 Å². The second kappa shape index (κ2) is 8.83. The number of fused-ring (bicyclic) bond motifs is 1. The van der Waals surface area contributed by atoms with Gasteiger partial charge in [0.2, 0.25) is 0 Å². The van der Waals surface area contributed by atoms with E-state index in [9.17, 15) is 4.79 Å². The van der Waals surface area contributed by atoms with Crippen LogP contribution in [0.3, 0.4) is 0 Å². The van der Waals surface area contributed by atoms with Gasteiger partial charge in [0.25, 0.3) is 0 Å². The van der Waals surface area contributed by atoms with Crippen molar-refractivity contribution in [2.45, 2.75) is 70.8 Å². The number of benzene rings is 1. The van der Waals surface area contributed by atoms with Crippen molar-refractivity contribution in [3.8, 4) is 0 Å². The average Bonchev–Trinajstić information content (AvgIpc) is 3.33. The molecule has 0 bridgehead atoms. The second-order valence-corrected chi connectivity index (χ2v) is 16.0. The number of carbonyl (C=O) groups is 1. The zero-order chi connectivity index (χ0) is 24.0. The van der Waals surface area contributed by atoms with E-state index in [1.54, 1.807) is 0 Å². The summed E-state index contributed by atoms with van der Waals surface area (Å²) in [7, 11) is -1.79. The number of amides is 1. The van der Waals surface area contributed by atoms with E-state index >= 15 is 0 Å². The Bertz CT molecular complexity index is 1010. The summed E-state index contributed by atoms with van der Waals surface area (Å²) in [6.45, 7) is 15.3. The van der Waals surface area contributed by atoms with Gasteiger partial charge in [0, 0.05) is 38.1 Å². The topological polar surface area (TPSA) is 96.8 Å². The summed E-state index contributed by atoms with van der Waals surface area (Å²) in [5.74, 6) is 0.427. The molecule has 0 unspecified atom stereocenters. The second-order valence-electron chi connectivity index (χ2n) is 11.2. The van der Waals surface area contributed by atoms with Gasteiger partial charge >= 0.3 is 6.09 Å². The Balaban J connectivity index is 1.44. The van der Waals surface area contributed by atoms with Gasteiger partial charge < -0.3 is 25.1 Å². The Kier molecular flexibility index (Phi) is 6.39. The molecule has 2 aliphatic rings. The minimum Gasteiger partial charge on any atom is -0.465 e. The van der Waals surface area contributed by atoms with Crippen LogP contribution < -0.4 is 10.6 Å². The standard InChI is InChI=1S/C24H39N5O3Si/c1-24(2,3)33(4,5)32-19-8-11-28(16-19)22-12-18-14-26-29(21(18)13-20(22)25)15-17-6-9-27(10-7-17)23(30)31/h12-14,17,19H,6-11,15-16,25H2,1-5H3,(H,30,31)/t19-/m0/s1. The van der Waals surface area contributed by atoms with Gasteiger partial charge in [-0.3, -0.25) is 4.68 Å². The molecule has 1 aromatic heterocycles. The van der Waals surface area contributed by atoms with Crippen molar-refractivity contribution in [1.82, 2.24) is 14.7 Å². The van der Waals surface area contributed by atoms with Crippen molar-refractivity contribution < 1.29 is 14.3 Å². The van der Waals surface area contributed by atoms with Crippen LogP contribution in [0.25, 0.3) is 10.9 Å². The first-order valence-electron chi connectivity index (χ1n) is 12.1. The first kappa shape index (κ1) is 23.9. The Labute approximate surface area is 197 Å². The molecule has 2 fully saturated rings. The Hall–Kier alpha value is -2.26. The molecule has 0 spiro atoms. The fraction of sp³-hybridized carbons (Fsp3) is 0.667. The van der Waals surface area contributed by atoms with Gasteiger partial charge in [0.1, 0.15) is 0 Å². The Morgan fingerprint density at radius 2 is 1.91 bits per heavy atom. The van der Waals surface area contributed by atoms with E-state index in [0.717, 1.165) is 61.2 Å². The van der Waals surface area contributed by atoms with Crippen molar-refractivity contribution in [3.63, 3.8) is 0 Å². The quantitative estimate of drug-likeness (QED) is 0.486. The summed E-state index contributed by atoms with van der Waals surface area (Å²) in [6.07, 6.45) is 4.11. The molecule has 1 aromatic carbocycles. The third-order valence-electron chi connectivity index (χ3n) is 7.86. The minimum absolute atomic E-state index is 0.206. The highest BCUT2D eigenvalue weighted by Gasteiger charge is 2.40. The fourth-order valence-electron chi connectivity index (χ4n) is 4.74. The molecule has 9 heteroatoms. The van der Waals surface area contributed by atoms with Gasteiger partial charge in [-0.25, -0.2) is 4.79 Å². The first-order valence-corrected chi connectivity index (χ1v) is 15.0. The van der Waals surface area contributed by atoms with Crippen molar-refractivity contribution >= 4 is 36.7 Å². The van der Waals surface area contributed by atoms with Crippen LogP contribution in [0.1, 0.15) is 40.0 Å². The van der Waals surface area contributed by atoms with Crippen LogP contribution >= 0.6 is 0 Å². The number of nitrogens with two attached hydrogens (primary N) is 1. The highest BCUT2D eigenvalue weighted by Crippen LogP contribution is 2.39. The monoisotopic (exact) mass is 473 g/mol. The summed E-state index contributed by atoms with van der Waals surface area (Å²) in [4.78, 5) is 15.0. The highest BCUT2D eigenvalue weighted by molar-refractivity contribution is 6.74. The van der Waals surface area contributed by atoms with Crippen molar-refractivity contribution in [1.29, 1.82) is 0 Å². The molecule has 33 heavy (non-hydrogen) atoms. The van der Waals surface area contributed by atoms with Crippen LogP contribution in [0.2, 0.25) is 18.1 Å². The van der Waals surface area contributed by atoms with Crippen LogP contribution in [-0.4, -0.2) is 66.5 Å². The fourth-order valence-corrected chi connectivity index (χ4v) is 6.12.